The Morgan fingerprint density at radius 1 is 1.00 bits per heavy atom. The van der Waals surface area contributed by atoms with Gasteiger partial charge in [-0.1, -0.05) is 42.0 Å². The highest BCUT2D eigenvalue weighted by atomic mass is 16.5. The first-order chi connectivity index (χ1) is 12.2. The van der Waals surface area contributed by atoms with Crippen LogP contribution in [0, 0.1) is 6.92 Å². The Labute approximate surface area is 150 Å². The Balaban J connectivity index is 1.48. The quantitative estimate of drug-likeness (QED) is 0.876. The van der Waals surface area contributed by atoms with Gasteiger partial charge in [-0.3, -0.25) is 4.90 Å². The van der Waals surface area contributed by atoms with E-state index in [2.05, 4.69) is 41.0 Å². The lowest BCUT2D eigenvalue weighted by atomic mass is 10.0. The number of nitrogens with zero attached hydrogens (tertiary/aromatic N) is 2. The summed E-state index contributed by atoms with van der Waals surface area (Å²) in [5, 5.41) is 10.4. The van der Waals surface area contributed by atoms with Gasteiger partial charge in [-0.2, -0.15) is 0 Å². The molecule has 0 unspecified atom stereocenters. The van der Waals surface area contributed by atoms with Gasteiger partial charge in [0, 0.05) is 32.7 Å². The maximum atomic E-state index is 10.4. The number of aryl methyl sites for hydroxylation is 1. The van der Waals surface area contributed by atoms with E-state index in [1.807, 2.05) is 24.3 Å². The van der Waals surface area contributed by atoms with Gasteiger partial charge in [-0.15, -0.1) is 0 Å². The zero-order valence-electron chi connectivity index (χ0n) is 15.2. The molecule has 0 bridgehead atoms. The largest absolute Gasteiger partial charge is 0.495 e. The second-order valence-corrected chi connectivity index (χ2v) is 6.72. The SMILES string of the molecule is COc1ccccc1N1CCN(CC[C@H](O)c2ccc(C)cc2)CC1. The fourth-order valence-electron chi connectivity index (χ4n) is 3.36. The van der Waals surface area contributed by atoms with Gasteiger partial charge in [0.25, 0.3) is 0 Å². The highest BCUT2D eigenvalue weighted by Crippen LogP contribution is 2.28. The molecule has 1 heterocycles. The molecular formula is C21H28N2O2. The van der Waals surface area contributed by atoms with Crippen LogP contribution in [0.1, 0.15) is 23.7 Å². The van der Waals surface area contributed by atoms with Crippen LogP contribution in [0.5, 0.6) is 5.75 Å². The lowest BCUT2D eigenvalue weighted by Gasteiger charge is -2.36. The minimum absolute atomic E-state index is 0.382. The summed E-state index contributed by atoms with van der Waals surface area (Å²) in [6.07, 6.45) is 0.394. The Morgan fingerprint density at radius 2 is 1.68 bits per heavy atom. The number of methoxy groups -OCH3 is 1. The molecule has 2 aromatic rings. The van der Waals surface area contributed by atoms with E-state index >= 15 is 0 Å². The van der Waals surface area contributed by atoms with Crippen molar-refractivity contribution in [2.45, 2.75) is 19.4 Å². The summed E-state index contributed by atoms with van der Waals surface area (Å²) in [5.41, 5.74) is 3.41. The highest BCUT2D eigenvalue weighted by molar-refractivity contribution is 5.58. The smallest absolute Gasteiger partial charge is 0.142 e. The number of rotatable bonds is 6. The number of aliphatic hydroxyl groups is 1. The third-order valence-corrected chi connectivity index (χ3v) is 4.98. The molecule has 3 rings (SSSR count). The normalized spacial score (nSPS) is 16.7. The zero-order chi connectivity index (χ0) is 17.6. The summed E-state index contributed by atoms with van der Waals surface area (Å²) in [6, 6.07) is 16.4. The summed E-state index contributed by atoms with van der Waals surface area (Å²) in [6.45, 7) is 6.99. The van der Waals surface area contributed by atoms with Crippen molar-refractivity contribution in [1.82, 2.24) is 4.90 Å². The highest BCUT2D eigenvalue weighted by Gasteiger charge is 2.20. The first kappa shape index (κ1) is 17.8. The van der Waals surface area contributed by atoms with Crippen LogP contribution in [0.3, 0.4) is 0 Å². The molecular weight excluding hydrogens is 312 g/mol. The van der Waals surface area contributed by atoms with E-state index in [9.17, 15) is 5.11 Å². The molecule has 4 nitrogen and oxygen atoms in total. The first-order valence-corrected chi connectivity index (χ1v) is 9.02. The van der Waals surface area contributed by atoms with Crippen molar-refractivity contribution in [3.63, 3.8) is 0 Å². The fraction of sp³-hybridized carbons (Fsp3) is 0.429. The minimum atomic E-state index is -0.382. The second-order valence-electron chi connectivity index (χ2n) is 6.72. The second kappa shape index (κ2) is 8.37. The lowest BCUT2D eigenvalue weighted by molar-refractivity contribution is 0.139. The lowest BCUT2D eigenvalue weighted by Crippen LogP contribution is -2.46. The Kier molecular flexibility index (Phi) is 5.95. The van der Waals surface area contributed by atoms with Crippen molar-refractivity contribution < 1.29 is 9.84 Å². The van der Waals surface area contributed by atoms with E-state index in [0.717, 1.165) is 50.5 Å². The van der Waals surface area contributed by atoms with Gasteiger partial charge in [0.2, 0.25) is 0 Å². The predicted molar refractivity (Wildman–Crippen MR) is 102 cm³/mol. The number of ether oxygens (including phenoxy) is 1. The number of anilines is 1. The van der Waals surface area contributed by atoms with Crippen molar-refractivity contribution in [2.24, 2.45) is 0 Å². The van der Waals surface area contributed by atoms with Crippen LogP contribution < -0.4 is 9.64 Å². The molecule has 0 radical (unpaired) electrons. The summed E-state index contributed by atoms with van der Waals surface area (Å²) in [4.78, 5) is 4.81. The third-order valence-electron chi connectivity index (χ3n) is 4.98. The molecule has 1 aliphatic rings. The molecule has 1 aliphatic heterocycles. The minimum Gasteiger partial charge on any atom is -0.495 e. The van der Waals surface area contributed by atoms with Crippen molar-refractivity contribution in [3.8, 4) is 5.75 Å². The summed E-state index contributed by atoms with van der Waals surface area (Å²) in [5.74, 6) is 0.936. The number of hydrogen-bond acceptors (Lipinski definition) is 4. The average Bonchev–Trinajstić information content (AvgIpc) is 2.67. The van der Waals surface area contributed by atoms with Gasteiger partial charge in [-0.05, 0) is 31.0 Å². The van der Waals surface area contributed by atoms with Crippen molar-refractivity contribution >= 4 is 5.69 Å². The van der Waals surface area contributed by atoms with Gasteiger partial charge >= 0.3 is 0 Å². The summed E-state index contributed by atoms with van der Waals surface area (Å²) >= 11 is 0. The number of aliphatic hydroxyl groups excluding tert-OH is 1. The average molecular weight is 340 g/mol. The van der Waals surface area contributed by atoms with Crippen molar-refractivity contribution in [3.05, 3.63) is 59.7 Å². The maximum absolute atomic E-state index is 10.4. The monoisotopic (exact) mass is 340 g/mol. The van der Waals surface area contributed by atoms with Crippen molar-refractivity contribution in [2.75, 3.05) is 44.7 Å². The maximum Gasteiger partial charge on any atom is 0.142 e. The third kappa shape index (κ3) is 4.53. The molecule has 0 amide bonds. The van der Waals surface area contributed by atoms with E-state index in [1.165, 1.54) is 11.3 Å². The summed E-state index contributed by atoms with van der Waals surface area (Å²) in [7, 11) is 1.72. The molecule has 1 atom stereocenters. The Morgan fingerprint density at radius 3 is 2.36 bits per heavy atom. The van der Waals surface area contributed by atoms with Crippen LogP contribution in [0.15, 0.2) is 48.5 Å². The van der Waals surface area contributed by atoms with Crippen LogP contribution in [0.2, 0.25) is 0 Å². The molecule has 0 aliphatic carbocycles. The van der Waals surface area contributed by atoms with Crippen LogP contribution >= 0.6 is 0 Å². The number of benzene rings is 2. The standard InChI is InChI=1S/C21H28N2O2/c1-17-7-9-18(10-8-17)20(24)11-12-22-13-15-23(16-14-22)19-5-3-4-6-21(19)25-2/h3-10,20,24H,11-16H2,1-2H3/t20-/m0/s1. The fourth-order valence-corrected chi connectivity index (χ4v) is 3.36. The zero-order valence-corrected chi connectivity index (χ0v) is 15.2. The molecule has 1 fully saturated rings. The van der Waals surface area contributed by atoms with E-state index in [0.29, 0.717) is 0 Å². The van der Waals surface area contributed by atoms with Gasteiger partial charge < -0.3 is 14.7 Å². The van der Waals surface area contributed by atoms with Gasteiger partial charge in [-0.25, -0.2) is 0 Å². The molecule has 134 valence electrons. The Hall–Kier alpha value is -2.04. The number of para-hydroxylation sites is 2. The molecule has 0 aromatic heterocycles. The summed E-state index contributed by atoms with van der Waals surface area (Å²) < 4.78 is 5.47. The van der Waals surface area contributed by atoms with E-state index < -0.39 is 0 Å². The van der Waals surface area contributed by atoms with Gasteiger partial charge in [0.1, 0.15) is 5.75 Å². The van der Waals surface area contributed by atoms with Crippen molar-refractivity contribution in [1.29, 1.82) is 0 Å². The van der Waals surface area contributed by atoms with Crippen LogP contribution in [0.25, 0.3) is 0 Å². The molecule has 2 aromatic carbocycles. The Bertz CT molecular complexity index is 664. The molecule has 1 saturated heterocycles. The molecule has 25 heavy (non-hydrogen) atoms. The molecule has 1 N–H and O–H groups in total. The van der Waals surface area contributed by atoms with Crippen LogP contribution in [-0.2, 0) is 0 Å². The van der Waals surface area contributed by atoms with E-state index in [4.69, 9.17) is 4.74 Å². The molecule has 4 heteroatoms. The van der Waals surface area contributed by atoms with Crippen LogP contribution in [0.4, 0.5) is 5.69 Å². The topological polar surface area (TPSA) is 35.9 Å². The predicted octanol–water partition coefficient (Wildman–Crippen LogP) is 3.25. The van der Waals surface area contributed by atoms with Crippen LogP contribution in [-0.4, -0.2) is 49.8 Å². The number of piperazine rings is 1. The van der Waals surface area contributed by atoms with Gasteiger partial charge in [0.05, 0.1) is 18.9 Å². The molecule has 0 spiro atoms. The first-order valence-electron chi connectivity index (χ1n) is 9.02. The number of hydrogen-bond donors (Lipinski definition) is 1. The molecule has 0 saturated carbocycles. The van der Waals surface area contributed by atoms with E-state index in [-0.39, 0.29) is 6.10 Å². The van der Waals surface area contributed by atoms with E-state index in [1.54, 1.807) is 7.11 Å². The van der Waals surface area contributed by atoms with Gasteiger partial charge in [0.15, 0.2) is 0 Å².